The third kappa shape index (κ3) is 3.44. The van der Waals surface area contributed by atoms with Crippen LogP contribution in [0.15, 0.2) is 36.7 Å². The summed E-state index contributed by atoms with van der Waals surface area (Å²) in [6, 6.07) is 6.87. The first kappa shape index (κ1) is 13.8. The monoisotopic (exact) mass is 273 g/mol. The fourth-order valence-corrected chi connectivity index (χ4v) is 1.76. The van der Waals surface area contributed by atoms with Gasteiger partial charge in [0.15, 0.2) is 0 Å². The number of hydrogen-bond donors (Lipinski definition) is 2. The lowest BCUT2D eigenvalue weighted by molar-refractivity contribution is -0.141. The Hall–Kier alpha value is -2.63. The molecule has 0 saturated carbocycles. The van der Waals surface area contributed by atoms with Gasteiger partial charge in [0, 0.05) is 23.2 Å². The van der Waals surface area contributed by atoms with E-state index in [-0.39, 0.29) is 6.54 Å². The molecule has 1 aromatic carbocycles. The maximum absolute atomic E-state index is 11.7. The molecule has 2 N–H and O–H groups in total. The van der Waals surface area contributed by atoms with Gasteiger partial charge >= 0.3 is 12.0 Å². The molecule has 2 aromatic rings. The van der Waals surface area contributed by atoms with Crippen LogP contribution < -0.4 is 10.6 Å². The summed E-state index contributed by atoms with van der Waals surface area (Å²) in [7, 11) is 0. The molecule has 104 valence electrons. The second-order valence-corrected chi connectivity index (χ2v) is 4.02. The minimum absolute atomic E-state index is 0.161. The predicted octanol–water partition coefficient (Wildman–Crippen LogP) is 1.92. The number of urea groups is 1. The Morgan fingerprint density at radius 1 is 1.30 bits per heavy atom. The van der Waals surface area contributed by atoms with Crippen molar-refractivity contribution < 1.29 is 14.3 Å². The zero-order valence-corrected chi connectivity index (χ0v) is 11.1. The Labute approximate surface area is 116 Å². The molecule has 0 bridgehead atoms. The Morgan fingerprint density at radius 3 is 2.95 bits per heavy atom. The number of amides is 2. The summed E-state index contributed by atoms with van der Waals surface area (Å²) in [5.41, 5.74) is 0.659. The molecule has 1 heterocycles. The van der Waals surface area contributed by atoms with Crippen molar-refractivity contribution in [3.05, 3.63) is 36.7 Å². The zero-order valence-electron chi connectivity index (χ0n) is 11.1. The average molecular weight is 273 g/mol. The first-order valence-electron chi connectivity index (χ1n) is 6.24. The van der Waals surface area contributed by atoms with Crippen molar-refractivity contribution in [2.45, 2.75) is 6.92 Å². The van der Waals surface area contributed by atoms with Crippen LogP contribution in [0.1, 0.15) is 6.92 Å². The average Bonchev–Trinajstić information content (AvgIpc) is 2.46. The van der Waals surface area contributed by atoms with Crippen LogP contribution in [-0.2, 0) is 9.53 Å². The van der Waals surface area contributed by atoms with Gasteiger partial charge in [0.1, 0.15) is 6.54 Å². The summed E-state index contributed by atoms with van der Waals surface area (Å²) in [6.07, 6.45) is 3.38. The van der Waals surface area contributed by atoms with E-state index >= 15 is 0 Å². The second kappa shape index (κ2) is 6.51. The van der Waals surface area contributed by atoms with Gasteiger partial charge in [-0.15, -0.1) is 0 Å². The van der Waals surface area contributed by atoms with Gasteiger partial charge in [-0.2, -0.15) is 0 Å². The number of ether oxygens (including phenoxy) is 1. The van der Waals surface area contributed by atoms with Gasteiger partial charge in [0.25, 0.3) is 0 Å². The Bertz CT molecular complexity index is 623. The molecule has 0 fully saturated rings. The number of nitrogens with zero attached hydrogens (tertiary/aromatic N) is 1. The molecule has 0 spiro atoms. The number of carbonyl (C=O) groups is 2. The van der Waals surface area contributed by atoms with Gasteiger partial charge in [-0.05, 0) is 19.1 Å². The number of fused-ring (bicyclic) bond motifs is 1. The van der Waals surface area contributed by atoms with Crippen molar-refractivity contribution >= 4 is 28.5 Å². The third-order valence-electron chi connectivity index (χ3n) is 2.63. The minimum atomic E-state index is -0.468. The smallest absolute Gasteiger partial charge is 0.325 e. The number of benzene rings is 1. The van der Waals surface area contributed by atoms with Crippen LogP contribution in [0, 0.1) is 0 Å². The number of anilines is 1. The standard InChI is InChI=1S/C14H15N3O3/c1-2-20-13(18)9-16-14(19)17-12-5-3-4-10-8-15-7-6-11(10)12/h3-8H,2,9H2,1H3,(H2,16,17,19). The number of carbonyl (C=O) groups excluding carboxylic acids is 2. The highest BCUT2D eigenvalue weighted by Gasteiger charge is 2.07. The number of hydrogen-bond acceptors (Lipinski definition) is 4. The summed E-state index contributed by atoms with van der Waals surface area (Å²) in [5.74, 6) is -0.468. The van der Waals surface area contributed by atoms with Crippen LogP contribution in [-0.4, -0.2) is 30.1 Å². The fraction of sp³-hybridized carbons (Fsp3) is 0.214. The number of pyridine rings is 1. The number of aromatic nitrogens is 1. The first-order chi connectivity index (χ1) is 9.70. The van der Waals surface area contributed by atoms with Crippen LogP contribution >= 0.6 is 0 Å². The van der Waals surface area contributed by atoms with E-state index in [1.165, 1.54) is 0 Å². The van der Waals surface area contributed by atoms with Crippen LogP contribution in [0.5, 0.6) is 0 Å². The molecule has 0 aliphatic carbocycles. The normalized spacial score (nSPS) is 10.1. The highest BCUT2D eigenvalue weighted by Crippen LogP contribution is 2.21. The molecule has 20 heavy (non-hydrogen) atoms. The molecular weight excluding hydrogens is 258 g/mol. The number of nitrogens with one attached hydrogen (secondary N) is 2. The summed E-state index contributed by atoms with van der Waals surface area (Å²) >= 11 is 0. The van der Waals surface area contributed by atoms with E-state index in [0.717, 1.165) is 10.8 Å². The van der Waals surface area contributed by atoms with Crippen LogP contribution in [0.3, 0.4) is 0 Å². The third-order valence-corrected chi connectivity index (χ3v) is 2.63. The molecule has 0 radical (unpaired) electrons. The quantitative estimate of drug-likeness (QED) is 0.834. The van der Waals surface area contributed by atoms with Crippen molar-refractivity contribution in [3.8, 4) is 0 Å². The van der Waals surface area contributed by atoms with Crippen LogP contribution in [0.2, 0.25) is 0 Å². The van der Waals surface area contributed by atoms with E-state index in [2.05, 4.69) is 15.6 Å². The molecule has 2 amide bonds. The second-order valence-electron chi connectivity index (χ2n) is 4.02. The molecular formula is C14H15N3O3. The molecule has 1 aromatic heterocycles. The Morgan fingerprint density at radius 2 is 2.15 bits per heavy atom. The van der Waals surface area contributed by atoms with Gasteiger partial charge in [-0.3, -0.25) is 9.78 Å². The van der Waals surface area contributed by atoms with Gasteiger partial charge in [-0.1, -0.05) is 12.1 Å². The maximum atomic E-state index is 11.7. The minimum Gasteiger partial charge on any atom is -0.465 e. The SMILES string of the molecule is CCOC(=O)CNC(=O)Nc1cccc2cnccc12. The van der Waals surface area contributed by atoms with Crippen molar-refractivity contribution in [2.24, 2.45) is 0 Å². The van der Waals surface area contributed by atoms with E-state index in [1.807, 2.05) is 18.2 Å². The lowest BCUT2D eigenvalue weighted by atomic mass is 10.1. The van der Waals surface area contributed by atoms with E-state index < -0.39 is 12.0 Å². The van der Waals surface area contributed by atoms with Crippen LogP contribution in [0.4, 0.5) is 10.5 Å². The van der Waals surface area contributed by atoms with Crippen molar-refractivity contribution in [3.63, 3.8) is 0 Å². The molecule has 0 unspecified atom stereocenters. The van der Waals surface area contributed by atoms with E-state index in [1.54, 1.807) is 25.4 Å². The fourth-order valence-electron chi connectivity index (χ4n) is 1.76. The van der Waals surface area contributed by atoms with Gasteiger partial charge in [0.2, 0.25) is 0 Å². The van der Waals surface area contributed by atoms with E-state index in [0.29, 0.717) is 12.3 Å². The van der Waals surface area contributed by atoms with Gasteiger partial charge in [0.05, 0.1) is 12.3 Å². The molecule has 0 aliphatic heterocycles. The largest absolute Gasteiger partial charge is 0.465 e. The van der Waals surface area contributed by atoms with Gasteiger partial charge < -0.3 is 15.4 Å². The summed E-state index contributed by atoms with van der Waals surface area (Å²) in [6.45, 7) is 1.84. The lowest BCUT2D eigenvalue weighted by Gasteiger charge is -2.09. The molecule has 0 aliphatic rings. The van der Waals surface area contributed by atoms with Crippen LogP contribution in [0.25, 0.3) is 10.8 Å². The summed E-state index contributed by atoms with van der Waals surface area (Å²) in [4.78, 5) is 26.9. The maximum Gasteiger partial charge on any atom is 0.325 e. The van der Waals surface area contributed by atoms with Crippen molar-refractivity contribution in [2.75, 3.05) is 18.5 Å². The lowest BCUT2D eigenvalue weighted by Crippen LogP contribution is -2.34. The van der Waals surface area contributed by atoms with E-state index in [4.69, 9.17) is 4.74 Å². The summed E-state index contributed by atoms with van der Waals surface area (Å²) in [5, 5.41) is 6.95. The van der Waals surface area contributed by atoms with E-state index in [9.17, 15) is 9.59 Å². The first-order valence-corrected chi connectivity index (χ1v) is 6.24. The molecule has 6 heteroatoms. The predicted molar refractivity (Wildman–Crippen MR) is 75.4 cm³/mol. The Kier molecular flexibility index (Phi) is 4.49. The van der Waals surface area contributed by atoms with Crippen molar-refractivity contribution in [1.82, 2.24) is 10.3 Å². The molecule has 0 saturated heterocycles. The molecule has 2 rings (SSSR count). The number of rotatable bonds is 4. The molecule has 0 atom stereocenters. The zero-order chi connectivity index (χ0) is 14.4. The Balaban J connectivity index is 2.01. The summed E-state index contributed by atoms with van der Waals surface area (Å²) < 4.78 is 4.72. The highest BCUT2D eigenvalue weighted by molar-refractivity contribution is 6.01. The topological polar surface area (TPSA) is 80.3 Å². The highest BCUT2D eigenvalue weighted by atomic mass is 16.5. The van der Waals surface area contributed by atoms with Crippen molar-refractivity contribution in [1.29, 1.82) is 0 Å². The number of esters is 1. The molecule has 6 nitrogen and oxygen atoms in total. The van der Waals surface area contributed by atoms with Gasteiger partial charge in [-0.25, -0.2) is 4.79 Å².